The third kappa shape index (κ3) is 3.51. The van der Waals surface area contributed by atoms with E-state index in [2.05, 4.69) is 138 Å². The minimum atomic E-state index is 0.155. The quantitative estimate of drug-likeness (QED) is 0.206. The van der Waals surface area contributed by atoms with Crippen molar-refractivity contribution < 1.29 is 4.42 Å². The van der Waals surface area contributed by atoms with Crippen molar-refractivity contribution in [2.24, 2.45) is 11.8 Å². The molecule has 6 aromatic carbocycles. The first-order valence-corrected chi connectivity index (χ1v) is 16.4. The minimum absolute atomic E-state index is 0.155. The van der Waals surface area contributed by atoms with Gasteiger partial charge in [-0.25, -0.2) is 0 Å². The smallest absolute Gasteiger partial charge is 0.143 e. The number of anilines is 3. The molecule has 1 heterocycles. The molecule has 0 aliphatic heterocycles. The van der Waals surface area contributed by atoms with Crippen LogP contribution in [-0.2, 0) is 5.41 Å². The van der Waals surface area contributed by atoms with E-state index in [-0.39, 0.29) is 5.41 Å². The van der Waals surface area contributed by atoms with Gasteiger partial charge in [0.05, 0.1) is 5.69 Å². The summed E-state index contributed by atoms with van der Waals surface area (Å²) in [6.45, 7) is 0. The first kappa shape index (κ1) is 25.3. The lowest BCUT2D eigenvalue weighted by atomic mass is 9.67. The van der Waals surface area contributed by atoms with Crippen molar-refractivity contribution in [3.63, 3.8) is 0 Å². The Labute approximate surface area is 263 Å². The van der Waals surface area contributed by atoms with Crippen molar-refractivity contribution >= 4 is 39.0 Å². The van der Waals surface area contributed by atoms with Gasteiger partial charge in [-0.2, -0.15) is 0 Å². The molecule has 3 atom stereocenters. The number of nitrogens with zero attached hydrogens (tertiary/aromatic N) is 1. The molecule has 216 valence electrons. The summed E-state index contributed by atoms with van der Waals surface area (Å²) in [5.74, 6) is 1.59. The summed E-state index contributed by atoms with van der Waals surface area (Å²) in [6.07, 6.45) is 5.41. The summed E-state index contributed by atoms with van der Waals surface area (Å²) in [7, 11) is 0. The first-order chi connectivity index (χ1) is 22.3. The molecule has 3 aliphatic carbocycles. The van der Waals surface area contributed by atoms with Crippen molar-refractivity contribution in [2.45, 2.75) is 31.1 Å². The fraction of sp³-hybridized carbons (Fsp3) is 0.163. The second-order valence-corrected chi connectivity index (χ2v) is 13.3. The maximum absolute atomic E-state index is 6.39. The number of benzene rings is 6. The number of para-hydroxylation sites is 3. The van der Waals surface area contributed by atoms with E-state index in [0.717, 1.165) is 50.6 Å². The monoisotopic (exact) mass is 579 g/mol. The van der Waals surface area contributed by atoms with Crippen LogP contribution in [0.5, 0.6) is 0 Å². The Hall–Kier alpha value is -5.08. The van der Waals surface area contributed by atoms with Gasteiger partial charge in [-0.1, -0.05) is 110 Å². The van der Waals surface area contributed by atoms with Gasteiger partial charge in [0.2, 0.25) is 0 Å². The van der Waals surface area contributed by atoms with E-state index in [1.807, 2.05) is 6.07 Å². The standard InChI is InChI=1S/C43H33NO/c1-2-10-31(11-3-1)44(32-24-21-29(22-25-32)33-14-8-15-35-34-12-5-7-19-40(34)45-42(33)35)39-18-9-17-38-41(39)36-13-4-6-16-37(36)43(38)27-28-20-23-30(43)26-28/h1-19,21-22,24-25,28,30H,20,23,26-27H2. The molecule has 2 nitrogen and oxygen atoms in total. The summed E-state index contributed by atoms with van der Waals surface area (Å²) >= 11 is 0. The maximum atomic E-state index is 6.39. The lowest BCUT2D eigenvalue weighted by Crippen LogP contribution is -2.31. The molecular weight excluding hydrogens is 546 g/mol. The molecule has 0 N–H and O–H groups in total. The van der Waals surface area contributed by atoms with E-state index in [0.29, 0.717) is 0 Å². The number of hydrogen-bond acceptors (Lipinski definition) is 2. The molecule has 0 radical (unpaired) electrons. The lowest BCUT2D eigenvalue weighted by Gasteiger charge is -2.37. The Kier molecular flexibility index (Phi) is 5.31. The Balaban J connectivity index is 1.14. The van der Waals surface area contributed by atoms with Gasteiger partial charge >= 0.3 is 0 Å². The topological polar surface area (TPSA) is 16.4 Å². The van der Waals surface area contributed by atoms with E-state index in [1.165, 1.54) is 48.2 Å². The molecule has 1 spiro atoms. The Morgan fingerprint density at radius 3 is 2.13 bits per heavy atom. The summed E-state index contributed by atoms with van der Waals surface area (Å²) in [5, 5.41) is 2.32. The van der Waals surface area contributed by atoms with Crippen molar-refractivity contribution in [3.8, 4) is 22.3 Å². The summed E-state index contributed by atoms with van der Waals surface area (Å²) in [6, 6.07) is 51.1. The molecule has 10 rings (SSSR count). The molecule has 1 aromatic heterocycles. The van der Waals surface area contributed by atoms with E-state index in [1.54, 1.807) is 11.1 Å². The molecule has 2 bridgehead atoms. The largest absolute Gasteiger partial charge is 0.455 e. The molecule has 45 heavy (non-hydrogen) atoms. The van der Waals surface area contributed by atoms with Gasteiger partial charge < -0.3 is 9.32 Å². The molecule has 2 saturated carbocycles. The van der Waals surface area contributed by atoms with Gasteiger partial charge in [-0.15, -0.1) is 0 Å². The van der Waals surface area contributed by atoms with Crippen LogP contribution >= 0.6 is 0 Å². The third-order valence-corrected chi connectivity index (χ3v) is 11.1. The van der Waals surface area contributed by atoms with Gasteiger partial charge in [0.15, 0.2) is 0 Å². The van der Waals surface area contributed by atoms with Crippen LogP contribution in [0.3, 0.4) is 0 Å². The normalized spacial score (nSPS) is 21.1. The molecule has 0 saturated heterocycles. The van der Waals surface area contributed by atoms with Crippen LogP contribution in [0.15, 0.2) is 144 Å². The molecular formula is C43H33NO. The highest BCUT2D eigenvalue weighted by Crippen LogP contribution is 2.67. The number of fused-ring (bicyclic) bond motifs is 11. The third-order valence-electron chi connectivity index (χ3n) is 11.1. The van der Waals surface area contributed by atoms with Crippen molar-refractivity contribution in [2.75, 3.05) is 4.90 Å². The van der Waals surface area contributed by atoms with Crippen LogP contribution in [0.4, 0.5) is 17.1 Å². The molecule has 2 heteroatoms. The van der Waals surface area contributed by atoms with Gasteiger partial charge in [0, 0.05) is 38.7 Å². The zero-order valence-corrected chi connectivity index (χ0v) is 25.1. The highest BCUT2D eigenvalue weighted by Gasteiger charge is 2.57. The number of hydrogen-bond donors (Lipinski definition) is 0. The van der Waals surface area contributed by atoms with Crippen LogP contribution in [0.2, 0.25) is 0 Å². The molecule has 7 aromatic rings. The van der Waals surface area contributed by atoms with Crippen molar-refractivity contribution in [3.05, 3.63) is 151 Å². The number of rotatable bonds is 4. The van der Waals surface area contributed by atoms with Gasteiger partial charge in [0.1, 0.15) is 11.2 Å². The predicted octanol–water partition coefficient (Wildman–Crippen LogP) is 11.8. The Bertz CT molecular complexity index is 2240. The van der Waals surface area contributed by atoms with E-state index in [9.17, 15) is 0 Å². The van der Waals surface area contributed by atoms with Crippen molar-refractivity contribution in [1.82, 2.24) is 0 Å². The van der Waals surface area contributed by atoms with Crippen LogP contribution in [0, 0.1) is 11.8 Å². The minimum Gasteiger partial charge on any atom is -0.455 e. The van der Waals surface area contributed by atoms with E-state index >= 15 is 0 Å². The van der Waals surface area contributed by atoms with Gasteiger partial charge in [-0.3, -0.25) is 0 Å². The Morgan fingerprint density at radius 2 is 1.29 bits per heavy atom. The molecule has 0 amide bonds. The SMILES string of the molecule is c1ccc(N(c2ccc(-c3cccc4c3oc3ccccc34)cc2)c2cccc3c2-c2ccccc2C32CC3CCC2C3)cc1. The Morgan fingerprint density at radius 1 is 0.578 bits per heavy atom. The lowest BCUT2D eigenvalue weighted by molar-refractivity contribution is 0.327. The van der Waals surface area contributed by atoms with Crippen LogP contribution in [0.25, 0.3) is 44.2 Å². The van der Waals surface area contributed by atoms with Crippen LogP contribution in [0.1, 0.15) is 36.8 Å². The van der Waals surface area contributed by atoms with Gasteiger partial charge in [-0.05, 0) is 89.8 Å². The van der Waals surface area contributed by atoms with Crippen LogP contribution < -0.4 is 4.90 Å². The summed E-state index contributed by atoms with van der Waals surface area (Å²) < 4.78 is 6.39. The predicted molar refractivity (Wildman–Crippen MR) is 186 cm³/mol. The number of furan rings is 1. The van der Waals surface area contributed by atoms with Gasteiger partial charge in [0.25, 0.3) is 0 Å². The zero-order valence-electron chi connectivity index (χ0n) is 25.1. The van der Waals surface area contributed by atoms with E-state index < -0.39 is 0 Å². The molecule has 3 unspecified atom stereocenters. The first-order valence-electron chi connectivity index (χ1n) is 16.4. The summed E-state index contributed by atoms with van der Waals surface area (Å²) in [5.41, 5.74) is 13.8. The molecule has 3 aliphatic rings. The molecule has 2 fully saturated rings. The highest BCUT2D eigenvalue weighted by atomic mass is 16.3. The zero-order chi connectivity index (χ0) is 29.5. The van der Waals surface area contributed by atoms with Crippen LogP contribution in [-0.4, -0.2) is 0 Å². The average Bonchev–Trinajstić information content (AvgIpc) is 3.88. The second kappa shape index (κ2) is 9.46. The maximum Gasteiger partial charge on any atom is 0.143 e. The van der Waals surface area contributed by atoms with Crippen molar-refractivity contribution in [1.29, 1.82) is 0 Å². The highest BCUT2D eigenvalue weighted by molar-refractivity contribution is 6.09. The average molecular weight is 580 g/mol. The van der Waals surface area contributed by atoms with E-state index in [4.69, 9.17) is 4.42 Å². The fourth-order valence-electron chi connectivity index (χ4n) is 9.38. The fourth-order valence-corrected chi connectivity index (χ4v) is 9.38. The summed E-state index contributed by atoms with van der Waals surface area (Å²) in [4.78, 5) is 2.47. The second-order valence-electron chi connectivity index (χ2n) is 13.3.